The molecule has 1 rings (SSSR count). The first-order valence-corrected chi connectivity index (χ1v) is 5.97. The fourth-order valence-corrected chi connectivity index (χ4v) is 1.75. The molecule has 1 heteroatoms. The zero-order chi connectivity index (χ0) is 10.1. The molecular weight excluding hydrogens is 175 g/mol. The van der Waals surface area contributed by atoms with Crippen molar-refractivity contribution in [1.29, 1.82) is 0 Å². The van der Waals surface area contributed by atoms with E-state index in [4.69, 9.17) is 0 Å². The van der Waals surface area contributed by atoms with E-state index in [1.165, 1.54) is 50.5 Å². The second-order valence-electron chi connectivity index (χ2n) is 4.00. The molecule has 0 bridgehead atoms. The molecule has 0 aliphatic rings. The molecule has 1 aromatic carbocycles. The smallest absolute Gasteiger partial charge is 1.00 e. The predicted molar refractivity (Wildman–Crippen MR) is 64.6 cm³/mol. The summed E-state index contributed by atoms with van der Waals surface area (Å²) in [6.07, 6.45) is 9.60. The third kappa shape index (κ3) is 7.71. The van der Waals surface area contributed by atoms with Crippen molar-refractivity contribution >= 4 is 0 Å². The standard InChI is InChI=1S/C14H22.Li.H/c1-2-3-4-5-6-8-11-14-12-9-7-10-13-14;;/h7,9-10,12-13H,2-6,8,11H2,1H3;;/q;+1;-1. The van der Waals surface area contributed by atoms with Crippen LogP contribution in [0.2, 0.25) is 0 Å². The quantitative estimate of drug-likeness (QED) is 0.462. The number of hydrogen-bond acceptors (Lipinski definition) is 0. The molecular formula is C14H23Li. The largest absolute Gasteiger partial charge is 1.00 e. The minimum atomic E-state index is 0. The minimum Gasteiger partial charge on any atom is -1.00 e. The van der Waals surface area contributed by atoms with E-state index in [1.807, 2.05) is 0 Å². The molecule has 0 aliphatic carbocycles. The second-order valence-corrected chi connectivity index (χ2v) is 4.00. The van der Waals surface area contributed by atoms with Gasteiger partial charge in [-0.1, -0.05) is 69.4 Å². The summed E-state index contributed by atoms with van der Waals surface area (Å²) in [6, 6.07) is 10.8. The topological polar surface area (TPSA) is 0 Å². The Hall–Kier alpha value is -0.183. The molecule has 0 radical (unpaired) electrons. The van der Waals surface area contributed by atoms with Gasteiger partial charge in [-0.2, -0.15) is 0 Å². The van der Waals surface area contributed by atoms with Crippen molar-refractivity contribution in [3.05, 3.63) is 35.9 Å². The van der Waals surface area contributed by atoms with Crippen LogP contribution in [-0.2, 0) is 6.42 Å². The summed E-state index contributed by atoms with van der Waals surface area (Å²) in [7, 11) is 0. The van der Waals surface area contributed by atoms with Gasteiger partial charge >= 0.3 is 18.9 Å². The van der Waals surface area contributed by atoms with Crippen LogP contribution in [0, 0.1) is 0 Å². The van der Waals surface area contributed by atoms with E-state index in [-0.39, 0.29) is 20.3 Å². The molecule has 15 heavy (non-hydrogen) atoms. The molecule has 0 aromatic heterocycles. The van der Waals surface area contributed by atoms with Gasteiger partial charge in [0, 0.05) is 0 Å². The summed E-state index contributed by atoms with van der Waals surface area (Å²) in [5, 5.41) is 0. The molecule has 0 N–H and O–H groups in total. The molecule has 0 spiro atoms. The van der Waals surface area contributed by atoms with Gasteiger partial charge in [0.05, 0.1) is 0 Å². The molecule has 0 aliphatic heterocycles. The SMILES string of the molecule is CCCCCCCCc1ccccc1.[H-].[Li+]. The molecule has 0 unspecified atom stereocenters. The number of benzene rings is 1. The fourth-order valence-electron chi connectivity index (χ4n) is 1.75. The zero-order valence-corrected chi connectivity index (χ0v) is 10.3. The summed E-state index contributed by atoms with van der Waals surface area (Å²) in [5.41, 5.74) is 1.49. The minimum absolute atomic E-state index is 0. The summed E-state index contributed by atoms with van der Waals surface area (Å²) in [5.74, 6) is 0. The Bertz CT molecular complexity index is 223. The van der Waals surface area contributed by atoms with Crippen LogP contribution in [0.3, 0.4) is 0 Å². The predicted octanol–water partition coefficient (Wildman–Crippen LogP) is 1.71. The van der Waals surface area contributed by atoms with E-state index in [0.29, 0.717) is 0 Å². The van der Waals surface area contributed by atoms with Crippen molar-refractivity contribution in [1.82, 2.24) is 0 Å². The van der Waals surface area contributed by atoms with Crippen LogP contribution in [0.1, 0.15) is 52.4 Å². The second kappa shape index (κ2) is 10.3. The Kier molecular flexibility index (Phi) is 10.2. The third-order valence-electron chi connectivity index (χ3n) is 2.66. The van der Waals surface area contributed by atoms with Gasteiger partial charge in [-0.05, 0) is 18.4 Å². The van der Waals surface area contributed by atoms with Gasteiger partial charge in [0.1, 0.15) is 0 Å². The molecule has 0 saturated carbocycles. The monoisotopic (exact) mass is 198 g/mol. The van der Waals surface area contributed by atoms with Gasteiger partial charge in [-0.25, -0.2) is 0 Å². The average molecular weight is 198 g/mol. The summed E-state index contributed by atoms with van der Waals surface area (Å²) in [6.45, 7) is 2.27. The summed E-state index contributed by atoms with van der Waals surface area (Å²) >= 11 is 0. The molecule has 1 aromatic rings. The maximum absolute atomic E-state index is 2.27. The molecule has 0 amide bonds. The van der Waals surface area contributed by atoms with Crippen molar-refractivity contribution in [2.24, 2.45) is 0 Å². The van der Waals surface area contributed by atoms with Crippen LogP contribution in [0.4, 0.5) is 0 Å². The van der Waals surface area contributed by atoms with E-state index < -0.39 is 0 Å². The molecule has 80 valence electrons. The van der Waals surface area contributed by atoms with E-state index in [2.05, 4.69) is 37.3 Å². The van der Waals surface area contributed by atoms with E-state index in [1.54, 1.807) is 0 Å². The van der Waals surface area contributed by atoms with Crippen LogP contribution in [0.25, 0.3) is 0 Å². The molecule has 0 atom stereocenters. The number of unbranched alkanes of at least 4 members (excludes halogenated alkanes) is 5. The van der Waals surface area contributed by atoms with Gasteiger partial charge < -0.3 is 1.43 Å². The van der Waals surface area contributed by atoms with Crippen LogP contribution >= 0.6 is 0 Å². The Balaban J connectivity index is 0. The van der Waals surface area contributed by atoms with Crippen molar-refractivity contribution < 1.29 is 20.3 Å². The Labute approximate surface area is 108 Å². The molecule has 0 heterocycles. The van der Waals surface area contributed by atoms with Crippen LogP contribution in [0.15, 0.2) is 30.3 Å². The molecule has 0 fully saturated rings. The average Bonchev–Trinajstić information content (AvgIpc) is 2.25. The van der Waals surface area contributed by atoms with E-state index in [9.17, 15) is 0 Å². The van der Waals surface area contributed by atoms with Crippen LogP contribution in [-0.4, -0.2) is 0 Å². The number of hydrogen-bond donors (Lipinski definition) is 0. The summed E-state index contributed by atoms with van der Waals surface area (Å²) < 4.78 is 0. The van der Waals surface area contributed by atoms with Crippen molar-refractivity contribution in [2.45, 2.75) is 51.9 Å². The zero-order valence-electron chi connectivity index (χ0n) is 11.3. The van der Waals surface area contributed by atoms with E-state index in [0.717, 1.165) is 0 Å². The van der Waals surface area contributed by atoms with Gasteiger partial charge in [0.15, 0.2) is 0 Å². The van der Waals surface area contributed by atoms with Gasteiger partial charge in [-0.3, -0.25) is 0 Å². The van der Waals surface area contributed by atoms with Crippen molar-refractivity contribution in [3.63, 3.8) is 0 Å². The number of aryl methyl sites for hydroxylation is 1. The Morgan fingerprint density at radius 1 is 0.867 bits per heavy atom. The van der Waals surface area contributed by atoms with Crippen LogP contribution < -0.4 is 18.9 Å². The van der Waals surface area contributed by atoms with Crippen molar-refractivity contribution in [2.75, 3.05) is 0 Å². The Morgan fingerprint density at radius 3 is 2.13 bits per heavy atom. The first-order valence-electron chi connectivity index (χ1n) is 5.97. The van der Waals surface area contributed by atoms with Crippen molar-refractivity contribution in [3.8, 4) is 0 Å². The Morgan fingerprint density at radius 2 is 1.47 bits per heavy atom. The molecule has 0 saturated heterocycles. The number of rotatable bonds is 7. The van der Waals surface area contributed by atoms with Gasteiger partial charge in [0.2, 0.25) is 0 Å². The maximum Gasteiger partial charge on any atom is 1.00 e. The first-order chi connectivity index (χ1) is 6.93. The maximum atomic E-state index is 2.27. The summed E-state index contributed by atoms with van der Waals surface area (Å²) in [4.78, 5) is 0. The van der Waals surface area contributed by atoms with Crippen LogP contribution in [0.5, 0.6) is 0 Å². The third-order valence-corrected chi connectivity index (χ3v) is 2.66. The fraction of sp³-hybridized carbons (Fsp3) is 0.571. The van der Waals surface area contributed by atoms with Gasteiger partial charge in [0.25, 0.3) is 0 Å². The molecule has 0 nitrogen and oxygen atoms in total. The van der Waals surface area contributed by atoms with E-state index >= 15 is 0 Å². The normalized spacial score (nSPS) is 9.67. The van der Waals surface area contributed by atoms with Gasteiger partial charge in [-0.15, -0.1) is 0 Å². The first kappa shape index (κ1) is 14.8.